The van der Waals surface area contributed by atoms with Gasteiger partial charge in [-0.3, -0.25) is 4.79 Å². The Morgan fingerprint density at radius 2 is 2.22 bits per heavy atom. The molecule has 2 heterocycles. The number of carbonyl (C=O) groups is 1. The largest absolute Gasteiger partial charge is 0.458 e. The minimum Gasteiger partial charge on any atom is -0.458 e. The molecule has 5 heteroatoms. The zero-order chi connectivity index (χ0) is 12.5. The van der Waals surface area contributed by atoms with Gasteiger partial charge in [-0.25, -0.2) is 0 Å². The summed E-state index contributed by atoms with van der Waals surface area (Å²) in [5.74, 6) is 0.798. The molecule has 1 aliphatic heterocycles. The van der Waals surface area contributed by atoms with Gasteiger partial charge in [-0.05, 0) is 12.1 Å². The fourth-order valence-electron chi connectivity index (χ4n) is 2.20. The molecule has 1 aromatic carbocycles. The molecule has 1 aromatic heterocycles. The quantitative estimate of drug-likeness (QED) is 0.831. The number of rotatable bonds is 1. The summed E-state index contributed by atoms with van der Waals surface area (Å²) in [6, 6.07) is 7.49. The van der Waals surface area contributed by atoms with Crippen LogP contribution in [0.3, 0.4) is 0 Å². The van der Waals surface area contributed by atoms with Crippen LogP contribution in [0.1, 0.15) is 18.2 Å². The van der Waals surface area contributed by atoms with Crippen molar-refractivity contribution in [2.45, 2.75) is 12.5 Å². The van der Waals surface area contributed by atoms with Crippen LogP contribution >= 0.6 is 11.6 Å². The van der Waals surface area contributed by atoms with Gasteiger partial charge in [-0.1, -0.05) is 23.7 Å². The average molecular weight is 265 g/mol. The Hall–Kier alpha value is -1.52. The average Bonchev–Trinajstić information content (AvgIpc) is 2.67. The number of fused-ring (bicyclic) bond motifs is 1. The van der Waals surface area contributed by atoms with Crippen LogP contribution < -0.4 is 10.6 Å². The molecular formula is C13H13ClN2O2. The van der Waals surface area contributed by atoms with Crippen LogP contribution in [0.25, 0.3) is 11.0 Å². The highest BCUT2D eigenvalue weighted by Crippen LogP contribution is 2.30. The molecule has 94 valence electrons. The first-order valence-corrected chi connectivity index (χ1v) is 6.30. The summed E-state index contributed by atoms with van der Waals surface area (Å²) in [6.07, 6.45) is 0.386. The molecular weight excluding hydrogens is 252 g/mol. The van der Waals surface area contributed by atoms with Crippen molar-refractivity contribution in [1.82, 2.24) is 10.6 Å². The first-order valence-electron chi connectivity index (χ1n) is 5.92. The number of carbonyl (C=O) groups excluding carboxylic acids is 1. The van der Waals surface area contributed by atoms with E-state index in [0.29, 0.717) is 23.6 Å². The zero-order valence-corrected chi connectivity index (χ0v) is 10.5. The maximum absolute atomic E-state index is 11.5. The predicted molar refractivity (Wildman–Crippen MR) is 69.6 cm³/mol. The number of nitrogens with one attached hydrogen (secondary N) is 2. The van der Waals surface area contributed by atoms with Crippen LogP contribution in [-0.4, -0.2) is 19.0 Å². The van der Waals surface area contributed by atoms with Crippen molar-refractivity contribution >= 4 is 28.5 Å². The van der Waals surface area contributed by atoms with E-state index >= 15 is 0 Å². The Balaban J connectivity index is 1.98. The lowest BCUT2D eigenvalue weighted by atomic mass is 10.1. The minimum atomic E-state index is -0.0871. The van der Waals surface area contributed by atoms with E-state index in [4.69, 9.17) is 16.0 Å². The summed E-state index contributed by atoms with van der Waals surface area (Å²) in [4.78, 5) is 11.5. The van der Waals surface area contributed by atoms with Crippen molar-refractivity contribution in [3.63, 3.8) is 0 Å². The molecule has 4 nitrogen and oxygen atoms in total. The van der Waals surface area contributed by atoms with Crippen molar-refractivity contribution in [1.29, 1.82) is 0 Å². The second-order valence-corrected chi connectivity index (χ2v) is 4.77. The van der Waals surface area contributed by atoms with Crippen molar-refractivity contribution in [2.75, 3.05) is 13.1 Å². The highest BCUT2D eigenvalue weighted by atomic mass is 35.5. The standard InChI is InChI=1S/C13H13ClN2O2/c14-9-3-1-2-8-6-11(18-13(8)9)10-7-12(17)16-5-4-15-10/h1-3,6,10,15H,4-5,7H2,(H,16,17). The van der Waals surface area contributed by atoms with Gasteiger partial charge >= 0.3 is 0 Å². The third kappa shape index (κ3) is 2.09. The third-order valence-corrected chi connectivity index (χ3v) is 3.38. The molecule has 18 heavy (non-hydrogen) atoms. The Morgan fingerprint density at radius 1 is 1.33 bits per heavy atom. The molecule has 1 amide bonds. The number of hydrogen-bond donors (Lipinski definition) is 2. The van der Waals surface area contributed by atoms with E-state index in [1.807, 2.05) is 18.2 Å². The molecule has 1 unspecified atom stereocenters. The minimum absolute atomic E-state index is 0.0385. The summed E-state index contributed by atoms with van der Waals surface area (Å²) in [5, 5.41) is 7.67. The fourth-order valence-corrected chi connectivity index (χ4v) is 2.42. The fraction of sp³-hybridized carbons (Fsp3) is 0.308. The van der Waals surface area contributed by atoms with Crippen LogP contribution in [0, 0.1) is 0 Å². The van der Waals surface area contributed by atoms with E-state index < -0.39 is 0 Å². The molecule has 0 spiro atoms. The maximum atomic E-state index is 11.5. The SMILES string of the molecule is O=C1CC(c2cc3cccc(Cl)c3o2)NCCN1. The third-order valence-electron chi connectivity index (χ3n) is 3.09. The van der Waals surface area contributed by atoms with Crippen LogP contribution in [0.5, 0.6) is 0 Å². The van der Waals surface area contributed by atoms with E-state index in [1.54, 1.807) is 6.07 Å². The second-order valence-electron chi connectivity index (χ2n) is 4.37. The van der Waals surface area contributed by atoms with Crippen LogP contribution in [-0.2, 0) is 4.79 Å². The smallest absolute Gasteiger partial charge is 0.222 e. The molecule has 0 radical (unpaired) electrons. The van der Waals surface area contributed by atoms with Crippen molar-refractivity contribution in [3.05, 3.63) is 35.0 Å². The van der Waals surface area contributed by atoms with E-state index in [-0.39, 0.29) is 11.9 Å². The molecule has 0 bridgehead atoms. The van der Waals surface area contributed by atoms with E-state index in [2.05, 4.69) is 10.6 Å². The van der Waals surface area contributed by atoms with Crippen LogP contribution in [0.4, 0.5) is 0 Å². The van der Waals surface area contributed by atoms with Gasteiger partial charge in [0.1, 0.15) is 5.76 Å². The van der Waals surface area contributed by atoms with Gasteiger partial charge < -0.3 is 15.1 Å². The van der Waals surface area contributed by atoms with Gasteiger partial charge in [0.2, 0.25) is 5.91 Å². The Kier molecular flexibility index (Phi) is 2.97. The lowest BCUT2D eigenvalue weighted by Gasteiger charge is -2.10. The van der Waals surface area contributed by atoms with Crippen molar-refractivity contribution in [2.24, 2.45) is 0 Å². The topological polar surface area (TPSA) is 54.3 Å². The molecule has 0 saturated carbocycles. The first-order chi connectivity index (χ1) is 8.74. The molecule has 2 N–H and O–H groups in total. The number of furan rings is 1. The molecule has 1 saturated heterocycles. The maximum Gasteiger partial charge on any atom is 0.222 e. The predicted octanol–water partition coefficient (Wildman–Crippen LogP) is 2.24. The summed E-state index contributed by atoms with van der Waals surface area (Å²) >= 11 is 6.08. The zero-order valence-electron chi connectivity index (χ0n) is 9.70. The summed E-state index contributed by atoms with van der Waals surface area (Å²) < 4.78 is 5.77. The number of para-hydroxylation sites is 1. The summed E-state index contributed by atoms with van der Waals surface area (Å²) in [6.45, 7) is 1.39. The van der Waals surface area contributed by atoms with Crippen LogP contribution in [0.2, 0.25) is 5.02 Å². The molecule has 3 rings (SSSR count). The first kappa shape index (κ1) is 11.6. The number of amides is 1. The highest BCUT2D eigenvalue weighted by Gasteiger charge is 2.22. The Morgan fingerprint density at radius 3 is 3.06 bits per heavy atom. The van der Waals surface area contributed by atoms with Gasteiger partial charge in [-0.2, -0.15) is 0 Å². The summed E-state index contributed by atoms with van der Waals surface area (Å²) in [7, 11) is 0. The monoisotopic (exact) mass is 264 g/mol. The van der Waals surface area contributed by atoms with Gasteiger partial charge in [0.05, 0.1) is 11.1 Å². The molecule has 0 aliphatic carbocycles. The van der Waals surface area contributed by atoms with Gasteiger partial charge in [0.25, 0.3) is 0 Å². The normalized spacial score (nSPS) is 20.7. The summed E-state index contributed by atoms with van der Waals surface area (Å²) in [5.41, 5.74) is 0.681. The van der Waals surface area contributed by atoms with Gasteiger partial charge in [-0.15, -0.1) is 0 Å². The Labute approximate surface area is 109 Å². The van der Waals surface area contributed by atoms with Crippen molar-refractivity contribution < 1.29 is 9.21 Å². The number of benzene rings is 1. The van der Waals surface area contributed by atoms with Crippen LogP contribution in [0.15, 0.2) is 28.7 Å². The molecule has 1 fully saturated rings. The lowest BCUT2D eigenvalue weighted by molar-refractivity contribution is -0.121. The van der Waals surface area contributed by atoms with Gasteiger partial charge in [0.15, 0.2) is 5.58 Å². The van der Waals surface area contributed by atoms with E-state index in [1.165, 1.54) is 0 Å². The Bertz CT molecular complexity index is 594. The molecule has 1 aliphatic rings. The van der Waals surface area contributed by atoms with E-state index in [0.717, 1.165) is 17.7 Å². The van der Waals surface area contributed by atoms with Gasteiger partial charge in [0, 0.05) is 24.9 Å². The number of hydrogen-bond acceptors (Lipinski definition) is 3. The number of halogens is 1. The lowest BCUT2D eigenvalue weighted by Crippen LogP contribution is -2.24. The van der Waals surface area contributed by atoms with E-state index in [9.17, 15) is 4.79 Å². The molecule has 2 aromatic rings. The molecule has 1 atom stereocenters. The van der Waals surface area contributed by atoms with Crippen molar-refractivity contribution in [3.8, 4) is 0 Å². The highest BCUT2D eigenvalue weighted by molar-refractivity contribution is 6.34. The second kappa shape index (κ2) is 4.63.